The van der Waals surface area contributed by atoms with E-state index in [0.29, 0.717) is 17.7 Å². The fourth-order valence-corrected chi connectivity index (χ4v) is 3.06. The maximum Gasteiger partial charge on any atom is 0.270 e. The van der Waals surface area contributed by atoms with Crippen LogP contribution in [0.4, 0.5) is 0 Å². The number of imidazole rings is 1. The van der Waals surface area contributed by atoms with E-state index in [0.717, 1.165) is 31.4 Å². The molecule has 0 aliphatic heterocycles. The predicted molar refractivity (Wildman–Crippen MR) is 93.8 cm³/mol. The highest BCUT2D eigenvalue weighted by atomic mass is 16.5. The van der Waals surface area contributed by atoms with Gasteiger partial charge in [-0.25, -0.2) is 15.0 Å². The van der Waals surface area contributed by atoms with Crippen LogP contribution in [0.3, 0.4) is 0 Å². The lowest BCUT2D eigenvalue weighted by Crippen LogP contribution is -2.39. The summed E-state index contributed by atoms with van der Waals surface area (Å²) in [6, 6.07) is 1.95. The van der Waals surface area contributed by atoms with Crippen LogP contribution in [0.1, 0.15) is 61.6 Å². The van der Waals surface area contributed by atoms with Gasteiger partial charge in [0.25, 0.3) is 5.91 Å². The molecule has 1 fully saturated rings. The first-order valence-electron chi connectivity index (χ1n) is 8.77. The molecule has 0 spiro atoms. The Kier molecular flexibility index (Phi) is 5.43. The first-order chi connectivity index (χ1) is 12.1. The minimum atomic E-state index is -0.147. The van der Waals surface area contributed by atoms with Crippen molar-refractivity contribution in [3.8, 4) is 5.95 Å². The average molecular weight is 343 g/mol. The van der Waals surface area contributed by atoms with Crippen LogP contribution in [0.5, 0.6) is 0 Å². The van der Waals surface area contributed by atoms with E-state index < -0.39 is 0 Å². The molecule has 1 N–H and O–H groups in total. The number of nitrogens with one attached hydrogen (secondary N) is 1. The van der Waals surface area contributed by atoms with Gasteiger partial charge in [0.05, 0.1) is 6.10 Å². The van der Waals surface area contributed by atoms with Gasteiger partial charge in [0.2, 0.25) is 5.95 Å². The molecule has 1 saturated carbocycles. The highest BCUT2D eigenvalue weighted by Crippen LogP contribution is 2.21. The Morgan fingerprint density at radius 3 is 2.64 bits per heavy atom. The van der Waals surface area contributed by atoms with Gasteiger partial charge in [-0.3, -0.25) is 9.36 Å². The van der Waals surface area contributed by atoms with Crippen LogP contribution in [-0.2, 0) is 4.74 Å². The van der Waals surface area contributed by atoms with E-state index >= 15 is 0 Å². The van der Waals surface area contributed by atoms with E-state index in [1.807, 2.05) is 13.8 Å². The Morgan fingerprint density at radius 2 is 2.04 bits per heavy atom. The Balaban J connectivity index is 1.77. The normalized spacial score (nSPS) is 20.6. The summed E-state index contributed by atoms with van der Waals surface area (Å²) in [5, 5.41) is 3.11. The van der Waals surface area contributed by atoms with Crippen molar-refractivity contribution in [2.45, 2.75) is 57.6 Å². The van der Waals surface area contributed by atoms with E-state index in [2.05, 4.69) is 20.3 Å². The van der Waals surface area contributed by atoms with E-state index in [1.54, 1.807) is 36.5 Å². The van der Waals surface area contributed by atoms with Gasteiger partial charge in [-0.1, -0.05) is 13.8 Å². The molecule has 0 atom stereocenters. The van der Waals surface area contributed by atoms with E-state index in [9.17, 15) is 4.79 Å². The van der Waals surface area contributed by atoms with Crippen molar-refractivity contribution in [1.82, 2.24) is 24.8 Å². The van der Waals surface area contributed by atoms with Crippen molar-refractivity contribution < 1.29 is 9.53 Å². The summed E-state index contributed by atoms with van der Waals surface area (Å²) in [7, 11) is 1.75. The van der Waals surface area contributed by atoms with Crippen LogP contribution in [0, 0.1) is 0 Å². The van der Waals surface area contributed by atoms with Crippen molar-refractivity contribution in [1.29, 1.82) is 0 Å². The van der Waals surface area contributed by atoms with E-state index in [-0.39, 0.29) is 17.9 Å². The third-order valence-corrected chi connectivity index (χ3v) is 4.64. The summed E-state index contributed by atoms with van der Waals surface area (Å²) in [5.74, 6) is 0.525. The highest BCUT2D eigenvalue weighted by molar-refractivity contribution is 5.92. The topological polar surface area (TPSA) is 81.9 Å². The molecule has 25 heavy (non-hydrogen) atoms. The second-order valence-corrected chi connectivity index (χ2v) is 6.79. The van der Waals surface area contributed by atoms with Crippen molar-refractivity contribution in [3.63, 3.8) is 0 Å². The number of rotatable bonds is 5. The molecule has 0 saturated heterocycles. The number of methoxy groups -OCH3 is 1. The van der Waals surface area contributed by atoms with Crippen molar-refractivity contribution in [2.75, 3.05) is 7.11 Å². The van der Waals surface area contributed by atoms with Crippen LogP contribution in [-0.4, -0.2) is 44.7 Å². The van der Waals surface area contributed by atoms with Crippen LogP contribution in [0.2, 0.25) is 0 Å². The molecule has 0 bridgehead atoms. The van der Waals surface area contributed by atoms with Gasteiger partial charge in [-0.2, -0.15) is 0 Å². The fourth-order valence-electron chi connectivity index (χ4n) is 3.06. The van der Waals surface area contributed by atoms with Crippen LogP contribution >= 0.6 is 0 Å². The van der Waals surface area contributed by atoms with Gasteiger partial charge in [0.1, 0.15) is 12.0 Å². The lowest BCUT2D eigenvalue weighted by molar-refractivity contribution is 0.0598. The zero-order valence-electron chi connectivity index (χ0n) is 15.0. The third-order valence-electron chi connectivity index (χ3n) is 4.64. The van der Waals surface area contributed by atoms with Crippen LogP contribution in [0.25, 0.3) is 5.95 Å². The molecule has 1 amide bonds. The number of carbonyl (C=O) groups is 1. The minimum Gasteiger partial charge on any atom is -0.381 e. The molecule has 7 nitrogen and oxygen atoms in total. The molecule has 2 aromatic rings. The van der Waals surface area contributed by atoms with E-state index in [4.69, 9.17) is 4.74 Å². The van der Waals surface area contributed by atoms with Crippen molar-refractivity contribution in [3.05, 3.63) is 36.2 Å². The van der Waals surface area contributed by atoms with Crippen LogP contribution < -0.4 is 5.32 Å². The molecule has 134 valence electrons. The number of ether oxygens (including phenoxy) is 1. The molecule has 0 unspecified atom stereocenters. The monoisotopic (exact) mass is 343 g/mol. The zero-order valence-corrected chi connectivity index (χ0v) is 15.0. The minimum absolute atomic E-state index is 0.147. The first-order valence-corrected chi connectivity index (χ1v) is 8.77. The predicted octanol–water partition coefficient (Wildman–Crippen LogP) is 2.47. The first kappa shape index (κ1) is 17.5. The van der Waals surface area contributed by atoms with Gasteiger partial charge >= 0.3 is 0 Å². The molecule has 0 aromatic carbocycles. The number of amides is 1. The maximum atomic E-state index is 12.7. The molecule has 1 aliphatic carbocycles. The Morgan fingerprint density at radius 1 is 1.28 bits per heavy atom. The van der Waals surface area contributed by atoms with E-state index in [1.165, 1.54) is 0 Å². The van der Waals surface area contributed by atoms with Gasteiger partial charge in [0.15, 0.2) is 0 Å². The Labute approximate surface area is 147 Å². The molecule has 0 radical (unpaired) electrons. The second kappa shape index (κ2) is 7.74. The van der Waals surface area contributed by atoms with Crippen molar-refractivity contribution >= 4 is 5.91 Å². The van der Waals surface area contributed by atoms with Crippen molar-refractivity contribution in [2.24, 2.45) is 0 Å². The molecule has 2 aromatic heterocycles. The smallest absolute Gasteiger partial charge is 0.270 e. The number of aromatic nitrogens is 4. The number of nitrogens with zero attached hydrogens (tertiary/aromatic N) is 4. The fraction of sp³-hybridized carbons (Fsp3) is 0.556. The van der Waals surface area contributed by atoms with Crippen LogP contribution in [0.15, 0.2) is 24.8 Å². The summed E-state index contributed by atoms with van der Waals surface area (Å²) in [5.41, 5.74) is 1.24. The summed E-state index contributed by atoms with van der Waals surface area (Å²) < 4.78 is 7.10. The quantitative estimate of drug-likeness (QED) is 0.902. The molecule has 2 heterocycles. The molecule has 3 rings (SSSR count). The largest absolute Gasteiger partial charge is 0.381 e. The summed E-state index contributed by atoms with van der Waals surface area (Å²) >= 11 is 0. The lowest BCUT2D eigenvalue weighted by Gasteiger charge is -2.28. The average Bonchev–Trinajstić information content (AvgIpc) is 3.16. The summed E-state index contributed by atoms with van der Waals surface area (Å²) in [6.07, 6.45) is 9.19. The summed E-state index contributed by atoms with van der Waals surface area (Å²) in [6.45, 7) is 4.10. The second-order valence-electron chi connectivity index (χ2n) is 6.79. The number of carbonyl (C=O) groups excluding carboxylic acids is 1. The Hall–Kier alpha value is -2.28. The highest BCUT2D eigenvalue weighted by Gasteiger charge is 2.23. The molecule has 7 heteroatoms. The third kappa shape index (κ3) is 4.22. The molecular formula is C18H25N5O2. The number of hydrogen-bond donors (Lipinski definition) is 1. The molecule has 1 aliphatic rings. The van der Waals surface area contributed by atoms with Gasteiger partial charge in [-0.15, -0.1) is 0 Å². The van der Waals surface area contributed by atoms with Gasteiger partial charge in [-0.05, 0) is 37.7 Å². The number of hydrogen-bond acceptors (Lipinski definition) is 5. The zero-order chi connectivity index (χ0) is 17.8. The van der Waals surface area contributed by atoms with Gasteiger partial charge < -0.3 is 10.1 Å². The molecular weight excluding hydrogens is 318 g/mol. The standard InChI is InChI=1S/C18H25N5O2/c1-12(2)15-10-16(22-18(21-15)23-9-8-19-11-23)17(24)20-13-4-6-14(25-3)7-5-13/h8-14H,4-7H2,1-3H3,(H,20,24)/t13-,14-. The SMILES string of the molecule is CO[C@H]1CC[C@H](NC(=O)c2cc(C(C)C)nc(-n3ccnc3)n2)CC1. The van der Waals surface area contributed by atoms with Gasteiger partial charge in [0, 0.05) is 31.2 Å². The maximum absolute atomic E-state index is 12.7. The lowest BCUT2D eigenvalue weighted by atomic mass is 9.93. The summed E-state index contributed by atoms with van der Waals surface area (Å²) in [4.78, 5) is 25.7. The Bertz CT molecular complexity index is 706.